The van der Waals surface area contributed by atoms with Crippen LogP contribution < -0.4 is 10.4 Å². The lowest BCUT2D eigenvalue weighted by atomic mass is 10.4. The summed E-state index contributed by atoms with van der Waals surface area (Å²) in [6.45, 7) is 0. The maximum atomic E-state index is 3.51. The van der Waals surface area contributed by atoms with Crippen LogP contribution in [0.3, 0.4) is 0 Å². The Labute approximate surface area is 148 Å². The smallest absolute Gasteiger partial charge is 0.0765 e. The van der Waals surface area contributed by atoms with Gasteiger partial charge in [-0.25, -0.2) is 0 Å². The maximum Gasteiger partial charge on any atom is 0.0808 e. The number of hydrogen-bond acceptors (Lipinski definition) is 0. The molecule has 0 nitrogen and oxygen atoms in total. The Morgan fingerprint density at radius 3 is 1.33 bits per heavy atom. The van der Waals surface area contributed by atoms with Gasteiger partial charge in [-0.3, -0.25) is 0 Å². The molecular formula is C12H14Br4Si2. The minimum Gasteiger partial charge on any atom is -0.0765 e. The fourth-order valence-electron chi connectivity index (χ4n) is 1.36. The molecule has 0 aliphatic carbocycles. The normalized spacial score (nSPS) is 11.4. The van der Waals surface area contributed by atoms with Gasteiger partial charge in [0.1, 0.15) is 0 Å². The van der Waals surface area contributed by atoms with E-state index >= 15 is 0 Å². The van der Waals surface area contributed by atoms with Crippen LogP contribution in [0.1, 0.15) is 12.8 Å². The van der Waals surface area contributed by atoms with Gasteiger partial charge in [-0.15, -0.1) is 0 Å². The van der Waals surface area contributed by atoms with Gasteiger partial charge in [0, 0.05) is 0 Å². The van der Waals surface area contributed by atoms with Crippen molar-refractivity contribution in [2.45, 2.75) is 32.4 Å². The number of rotatable bonds is 8. The SMILES string of the molecule is BrC(Br)CC[Si]c1ccc([Si]CCC(Br)Br)cc1. The molecule has 4 radical (unpaired) electrons. The summed E-state index contributed by atoms with van der Waals surface area (Å²) < 4.78 is 0.916. The Morgan fingerprint density at radius 1 is 0.722 bits per heavy atom. The summed E-state index contributed by atoms with van der Waals surface area (Å²) in [5.41, 5.74) is 0. The number of halogens is 4. The second kappa shape index (κ2) is 10.3. The average Bonchev–Trinajstić information content (AvgIpc) is 2.30. The van der Waals surface area contributed by atoms with Crippen molar-refractivity contribution >= 4 is 93.1 Å². The molecule has 0 aromatic heterocycles. The quantitative estimate of drug-likeness (QED) is 0.347. The van der Waals surface area contributed by atoms with Gasteiger partial charge in [0.2, 0.25) is 0 Å². The average molecular weight is 534 g/mol. The second-order valence-corrected chi connectivity index (χ2v) is 13.5. The van der Waals surface area contributed by atoms with Gasteiger partial charge < -0.3 is 0 Å². The van der Waals surface area contributed by atoms with Crippen LogP contribution in [0, 0.1) is 0 Å². The van der Waals surface area contributed by atoms with Crippen LogP contribution >= 0.6 is 63.7 Å². The third kappa shape index (κ3) is 8.69. The predicted molar refractivity (Wildman–Crippen MR) is 99.4 cm³/mol. The van der Waals surface area contributed by atoms with Gasteiger partial charge in [-0.05, 0) is 12.8 Å². The third-order valence-corrected chi connectivity index (χ3v) is 6.66. The summed E-state index contributed by atoms with van der Waals surface area (Å²) in [5.74, 6) is 0. The molecule has 0 bridgehead atoms. The van der Waals surface area contributed by atoms with Gasteiger partial charge in [-0.1, -0.05) is 110 Å². The Balaban J connectivity index is 2.28. The van der Waals surface area contributed by atoms with Crippen LogP contribution in [0.4, 0.5) is 0 Å². The number of alkyl halides is 4. The predicted octanol–water partition coefficient (Wildman–Crippen LogP) is 4.19. The fraction of sp³-hybridized carbons (Fsp3) is 0.500. The lowest BCUT2D eigenvalue weighted by Gasteiger charge is -2.04. The first-order chi connectivity index (χ1) is 8.58. The van der Waals surface area contributed by atoms with Crippen LogP contribution in [0.2, 0.25) is 12.1 Å². The molecule has 0 aliphatic rings. The lowest BCUT2D eigenvalue weighted by molar-refractivity contribution is 1.07. The molecular weight excluding hydrogens is 520 g/mol. The van der Waals surface area contributed by atoms with Gasteiger partial charge in [0.05, 0.1) is 26.5 Å². The summed E-state index contributed by atoms with van der Waals surface area (Å²) in [6.07, 6.45) is 2.36. The van der Waals surface area contributed by atoms with E-state index < -0.39 is 0 Å². The van der Waals surface area contributed by atoms with Crippen molar-refractivity contribution in [2.24, 2.45) is 0 Å². The van der Waals surface area contributed by atoms with E-state index in [2.05, 4.69) is 88.0 Å². The number of hydrogen-bond donors (Lipinski definition) is 0. The summed E-state index contributed by atoms with van der Waals surface area (Å²) in [5, 5.41) is 2.95. The monoisotopic (exact) mass is 530 g/mol. The number of benzene rings is 1. The molecule has 0 aliphatic heterocycles. The molecule has 0 N–H and O–H groups in total. The minimum absolute atomic E-state index is 0.458. The summed E-state index contributed by atoms with van der Waals surface area (Å²) in [4.78, 5) is 0. The van der Waals surface area contributed by atoms with Crippen molar-refractivity contribution in [1.29, 1.82) is 0 Å². The molecule has 0 atom stereocenters. The van der Waals surface area contributed by atoms with E-state index in [-0.39, 0.29) is 0 Å². The highest BCUT2D eigenvalue weighted by molar-refractivity contribution is 9.25. The van der Waals surface area contributed by atoms with Crippen molar-refractivity contribution in [3.63, 3.8) is 0 Å². The lowest BCUT2D eigenvalue weighted by Crippen LogP contribution is -2.20. The van der Waals surface area contributed by atoms with Crippen LogP contribution in [-0.4, -0.2) is 26.5 Å². The minimum atomic E-state index is 0.458. The highest BCUT2D eigenvalue weighted by Gasteiger charge is 2.02. The second-order valence-electron chi connectivity index (χ2n) is 3.79. The van der Waals surface area contributed by atoms with Crippen molar-refractivity contribution in [1.82, 2.24) is 0 Å². The van der Waals surface area contributed by atoms with Gasteiger partial charge >= 0.3 is 0 Å². The van der Waals surface area contributed by atoms with E-state index in [0.717, 1.165) is 19.0 Å². The first-order valence-electron chi connectivity index (χ1n) is 5.72. The molecule has 6 heteroatoms. The van der Waals surface area contributed by atoms with Crippen molar-refractivity contribution in [3.8, 4) is 0 Å². The topological polar surface area (TPSA) is 0 Å². The molecule has 0 saturated carbocycles. The first-order valence-corrected chi connectivity index (χ1v) is 11.8. The zero-order valence-corrected chi connectivity index (χ0v) is 18.1. The van der Waals surface area contributed by atoms with Crippen molar-refractivity contribution in [2.75, 3.05) is 0 Å². The zero-order chi connectivity index (χ0) is 13.4. The van der Waals surface area contributed by atoms with E-state index in [1.165, 1.54) is 35.3 Å². The molecule has 18 heavy (non-hydrogen) atoms. The van der Waals surface area contributed by atoms with Crippen LogP contribution in [-0.2, 0) is 0 Å². The molecule has 0 spiro atoms. The van der Waals surface area contributed by atoms with Crippen molar-refractivity contribution in [3.05, 3.63) is 24.3 Å². The fourth-order valence-corrected chi connectivity index (χ4v) is 6.21. The van der Waals surface area contributed by atoms with E-state index in [0.29, 0.717) is 7.47 Å². The first kappa shape index (κ1) is 17.6. The summed E-state index contributed by atoms with van der Waals surface area (Å²) in [6, 6.07) is 11.7. The highest BCUT2D eigenvalue weighted by Crippen LogP contribution is 2.15. The molecule has 1 rings (SSSR count). The van der Waals surface area contributed by atoms with E-state index in [9.17, 15) is 0 Å². The molecule has 0 amide bonds. The molecule has 1 aromatic carbocycles. The van der Waals surface area contributed by atoms with E-state index in [1.54, 1.807) is 0 Å². The van der Waals surface area contributed by atoms with E-state index in [4.69, 9.17) is 0 Å². The van der Waals surface area contributed by atoms with Crippen molar-refractivity contribution < 1.29 is 0 Å². The molecule has 1 aromatic rings. The highest BCUT2D eigenvalue weighted by atomic mass is 79.9. The Morgan fingerprint density at radius 2 is 1.06 bits per heavy atom. The summed E-state index contributed by atoms with van der Waals surface area (Å²) >= 11 is 14.1. The Bertz CT molecular complexity index is 294. The van der Waals surface area contributed by atoms with Crippen LogP contribution in [0.15, 0.2) is 24.3 Å². The standard InChI is InChI=1S/C12H14Br4Si2/c13-11(14)5-7-17-9-1-2-10(4-3-9)18-8-6-12(15)16/h1-4,11-12H,5-8H2. The van der Waals surface area contributed by atoms with Gasteiger partial charge in [-0.2, -0.15) is 0 Å². The Hall–Kier alpha value is 1.57. The zero-order valence-electron chi connectivity index (χ0n) is 9.80. The molecule has 98 valence electrons. The van der Waals surface area contributed by atoms with Crippen LogP contribution in [0.5, 0.6) is 0 Å². The largest absolute Gasteiger partial charge is 0.0808 e. The molecule has 0 heterocycles. The van der Waals surface area contributed by atoms with Gasteiger partial charge in [0.25, 0.3) is 0 Å². The maximum absolute atomic E-state index is 3.51. The van der Waals surface area contributed by atoms with E-state index in [1.807, 2.05) is 0 Å². The van der Waals surface area contributed by atoms with Crippen LogP contribution in [0.25, 0.3) is 0 Å². The van der Waals surface area contributed by atoms with Gasteiger partial charge in [0.15, 0.2) is 0 Å². The molecule has 0 fully saturated rings. The Kier molecular flexibility index (Phi) is 10.1. The molecule has 0 unspecified atom stereocenters. The molecule has 0 saturated heterocycles. The summed E-state index contributed by atoms with van der Waals surface area (Å²) in [7, 11) is 1.84. The third-order valence-electron chi connectivity index (χ3n) is 2.27.